The zero-order valence-electron chi connectivity index (χ0n) is 35.4. The first-order chi connectivity index (χ1) is 29.0. The first-order valence-corrected chi connectivity index (χ1v) is 23.5. The van der Waals surface area contributed by atoms with Crippen LogP contribution in [0.1, 0.15) is 149 Å². The average Bonchev–Trinajstić information content (AvgIpc) is 4.00. The Morgan fingerprint density at radius 2 is 1.12 bits per heavy atom. The Kier molecular flexibility index (Phi) is 9.63. The summed E-state index contributed by atoms with van der Waals surface area (Å²) in [6, 6.07) is 52.5. The summed E-state index contributed by atoms with van der Waals surface area (Å²) in [5.41, 5.74) is 19.2. The maximum atomic E-state index is 2.59. The molecule has 0 radical (unpaired) electrons. The second-order valence-corrected chi connectivity index (χ2v) is 19.7. The van der Waals surface area contributed by atoms with Crippen LogP contribution < -0.4 is 4.90 Å². The highest BCUT2D eigenvalue weighted by atomic mass is 15.1. The SMILES string of the molecule is CC1(C)c2cc(N(c3ccc(C4CC5CCC4C5)cc3)c3ccccc3-c3ccccc3C3CCCCC3)ccc2-c2cccc(-c3ccc(C4CCCCC4)cc3)c21. The minimum Gasteiger partial charge on any atom is -0.310 e. The highest BCUT2D eigenvalue weighted by Gasteiger charge is 2.41. The van der Waals surface area contributed by atoms with Crippen LogP contribution >= 0.6 is 0 Å². The van der Waals surface area contributed by atoms with E-state index in [0.717, 1.165) is 23.7 Å². The van der Waals surface area contributed by atoms with Gasteiger partial charge >= 0.3 is 0 Å². The Balaban J connectivity index is 1.01. The summed E-state index contributed by atoms with van der Waals surface area (Å²) < 4.78 is 0. The van der Waals surface area contributed by atoms with Crippen LogP contribution in [-0.2, 0) is 5.41 Å². The lowest BCUT2D eigenvalue weighted by molar-refractivity contribution is 0.420. The zero-order valence-corrected chi connectivity index (χ0v) is 35.4. The lowest BCUT2D eigenvalue weighted by atomic mass is 9.78. The molecule has 11 rings (SSSR count). The monoisotopic (exact) mass is 771 g/mol. The van der Waals surface area contributed by atoms with Crippen molar-refractivity contribution in [3.63, 3.8) is 0 Å². The molecule has 4 fully saturated rings. The smallest absolute Gasteiger partial charge is 0.0540 e. The second-order valence-electron chi connectivity index (χ2n) is 19.7. The minimum absolute atomic E-state index is 0.163. The maximum Gasteiger partial charge on any atom is 0.0540 e. The van der Waals surface area contributed by atoms with Crippen molar-refractivity contribution in [1.29, 1.82) is 0 Å². The number of hydrogen-bond donors (Lipinski definition) is 0. The third-order valence-corrected chi connectivity index (χ3v) is 16.0. The van der Waals surface area contributed by atoms with Crippen LogP contribution in [0.5, 0.6) is 0 Å². The molecule has 0 aromatic heterocycles. The molecular weight excluding hydrogens is 711 g/mol. The summed E-state index contributed by atoms with van der Waals surface area (Å²) in [6.07, 6.45) is 19.1. The molecule has 5 aliphatic rings. The molecule has 2 bridgehead atoms. The van der Waals surface area contributed by atoms with Crippen molar-refractivity contribution >= 4 is 17.1 Å². The molecule has 5 aliphatic carbocycles. The zero-order chi connectivity index (χ0) is 39.5. The van der Waals surface area contributed by atoms with Gasteiger partial charge in [-0.15, -0.1) is 0 Å². The summed E-state index contributed by atoms with van der Waals surface area (Å²) in [7, 11) is 0. The van der Waals surface area contributed by atoms with Crippen LogP contribution in [0.25, 0.3) is 33.4 Å². The molecular formula is C58H61N. The third kappa shape index (κ3) is 6.59. The Morgan fingerprint density at radius 1 is 0.475 bits per heavy atom. The summed E-state index contributed by atoms with van der Waals surface area (Å²) in [5.74, 6) is 3.89. The van der Waals surface area contributed by atoms with Gasteiger partial charge in [0, 0.05) is 22.4 Å². The maximum absolute atomic E-state index is 2.59. The Labute approximate surface area is 353 Å². The normalized spacial score (nSPS) is 22.3. The molecule has 59 heavy (non-hydrogen) atoms. The van der Waals surface area contributed by atoms with Gasteiger partial charge in [-0.25, -0.2) is 0 Å². The van der Waals surface area contributed by atoms with Gasteiger partial charge in [-0.05, 0) is 161 Å². The Bertz CT molecular complexity index is 2460. The Hall–Kier alpha value is -4.88. The summed E-state index contributed by atoms with van der Waals surface area (Å²) in [5, 5.41) is 0. The van der Waals surface area contributed by atoms with Crippen LogP contribution in [0.3, 0.4) is 0 Å². The average molecular weight is 772 g/mol. The van der Waals surface area contributed by atoms with Gasteiger partial charge in [0.15, 0.2) is 0 Å². The molecule has 4 saturated carbocycles. The van der Waals surface area contributed by atoms with Crippen molar-refractivity contribution in [2.24, 2.45) is 11.8 Å². The molecule has 0 heterocycles. The molecule has 0 spiro atoms. The fourth-order valence-electron chi connectivity index (χ4n) is 13.0. The number of nitrogens with zero attached hydrogens (tertiary/aromatic N) is 1. The molecule has 0 aliphatic heterocycles. The first kappa shape index (κ1) is 37.1. The van der Waals surface area contributed by atoms with Gasteiger partial charge in [0.05, 0.1) is 5.69 Å². The fraction of sp³-hybridized carbons (Fsp3) is 0.379. The summed E-state index contributed by atoms with van der Waals surface area (Å²) in [6.45, 7) is 4.92. The van der Waals surface area contributed by atoms with Crippen LogP contribution in [-0.4, -0.2) is 0 Å². The van der Waals surface area contributed by atoms with Gasteiger partial charge in [-0.3, -0.25) is 0 Å². The van der Waals surface area contributed by atoms with E-state index in [9.17, 15) is 0 Å². The molecule has 298 valence electrons. The van der Waals surface area contributed by atoms with Crippen LogP contribution in [0.15, 0.2) is 133 Å². The van der Waals surface area contributed by atoms with Crippen molar-refractivity contribution < 1.29 is 0 Å². The van der Waals surface area contributed by atoms with E-state index in [1.165, 1.54) is 163 Å². The first-order valence-electron chi connectivity index (χ1n) is 23.5. The molecule has 0 amide bonds. The predicted octanol–water partition coefficient (Wildman–Crippen LogP) is 16.8. The van der Waals surface area contributed by atoms with Crippen LogP contribution in [0.4, 0.5) is 17.1 Å². The van der Waals surface area contributed by atoms with Gasteiger partial charge in [-0.1, -0.05) is 162 Å². The lowest BCUT2D eigenvalue weighted by Gasteiger charge is -2.31. The number of hydrogen-bond acceptors (Lipinski definition) is 1. The molecule has 3 unspecified atom stereocenters. The number of para-hydroxylation sites is 1. The number of fused-ring (bicyclic) bond motifs is 5. The Morgan fingerprint density at radius 3 is 1.85 bits per heavy atom. The highest BCUT2D eigenvalue weighted by molar-refractivity contribution is 5.93. The molecule has 0 N–H and O–H groups in total. The van der Waals surface area contributed by atoms with Crippen LogP contribution in [0, 0.1) is 11.8 Å². The van der Waals surface area contributed by atoms with Gasteiger partial charge in [0.25, 0.3) is 0 Å². The van der Waals surface area contributed by atoms with E-state index < -0.39 is 0 Å². The van der Waals surface area contributed by atoms with E-state index in [0.29, 0.717) is 5.92 Å². The van der Waals surface area contributed by atoms with Crippen molar-refractivity contribution in [3.05, 3.63) is 161 Å². The van der Waals surface area contributed by atoms with E-state index in [-0.39, 0.29) is 5.41 Å². The highest BCUT2D eigenvalue weighted by Crippen LogP contribution is 2.56. The van der Waals surface area contributed by atoms with Gasteiger partial charge in [-0.2, -0.15) is 0 Å². The van der Waals surface area contributed by atoms with Gasteiger partial charge in [0.1, 0.15) is 0 Å². The largest absolute Gasteiger partial charge is 0.310 e. The molecule has 6 aromatic carbocycles. The molecule has 3 atom stereocenters. The number of benzene rings is 6. The van der Waals surface area contributed by atoms with Gasteiger partial charge in [0.2, 0.25) is 0 Å². The molecule has 1 nitrogen and oxygen atoms in total. The van der Waals surface area contributed by atoms with E-state index in [2.05, 4.69) is 152 Å². The van der Waals surface area contributed by atoms with Crippen molar-refractivity contribution in [2.45, 2.75) is 127 Å². The third-order valence-electron chi connectivity index (χ3n) is 16.0. The number of rotatable bonds is 8. The van der Waals surface area contributed by atoms with Gasteiger partial charge < -0.3 is 4.90 Å². The molecule has 1 heteroatoms. The van der Waals surface area contributed by atoms with Crippen molar-refractivity contribution in [1.82, 2.24) is 0 Å². The summed E-state index contributed by atoms with van der Waals surface area (Å²) >= 11 is 0. The minimum atomic E-state index is -0.163. The quantitative estimate of drug-likeness (QED) is 0.149. The van der Waals surface area contributed by atoms with E-state index in [4.69, 9.17) is 0 Å². The van der Waals surface area contributed by atoms with Crippen LogP contribution in [0.2, 0.25) is 0 Å². The van der Waals surface area contributed by atoms with Crippen molar-refractivity contribution in [2.75, 3.05) is 4.90 Å². The fourth-order valence-corrected chi connectivity index (χ4v) is 13.0. The summed E-state index contributed by atoms with van der Waals surface area (Å²) in [4.78, 5) is 2.59. The van der Waals surface area contributed by atoms with E-state index >= 15 is 0 Å². The lowest BCUT2D eigenvalue weighted by Crippen LogP contribution is -2.18. The standard InChI is InChI=1S/C58H61N/c1-58(2)55-38-47(34-35-51(55)53-22-13-21-49(57(53)58)43-28-26-41(27-29-43)40-14-5-3-6-15-40)59(46-32-30-44(31-33-46)54-37-39-24-25-45(54)36-39)56-23-12-11-20-52(56)50-19-10-9-18-48(50)42-16-7-4-8-17-42/h9-13,18-23,26-35,38-40,42,45,54H,3-8,14-17,24-25,36-37H2,1-2H3. The van der Waals surface area contributed by atoms with Crippen molar-refractivity contribution in [3.8, 4) is 33.4 Å². The predicted molar refractivity (Wildman–Crippen MR) is 249 cm³/mol. The van der Waals surface area contributed by atoms with E-state index in [1.807, 2.05) is 0 Å². The topological polar surface area (TPSA) is 3.24 Å². The van der Waals surface area contributed by atoms with E-state index in [1.54, 1.807) is 5.56 Å². The number of anilines is 3. The molecule has 6 aromatic rings. The second kappa shape index (κ2) is 15.3. The molecule has 0 saturated heterocycles.